The molecule has 136 valence electrons. The summed E-state index contributed by atoms with van der Waals surface area (Å²) in [6, 6.07) is 17.7. The predicted octanol–water partition coefficient (Wildman–Crippen LogP) is 0.777. The van der Waals surface area contributed by atoms with E-state index < -0.39 is 0 Å². The van der Waals surface area contributed by atoms with Gasteiger partial charge in [-0.25, -0.2) is 0 Å². The minimum absolute atomic E-state index is 0.0416. The van der Waals surface area contributed by atoms with Crippen molar-refractivity contribution < 1.29 is 14.5 Å². The second-order valence-corrected chi connectivity index (χ2v) is 6.44. The van der Waals surface area contributed by atoms with Crippen LogP contribution in [0.25, 0.3) is 6.08 Å². The number of rotatable bonds is 8. The summed E-state index contributed by atoms with van der Waals surface area (Å²) in [7, 11) is 4.22. The molecule has 0 unspecified atom stereocenters. The topological polar surface area (TPSA) is 62.6 Å². The molecule has 0 aliphatic heterocycles. The van der Waals surface area contributed by atoms with E-state index in [1.807, 2.05) is 42.5 Å². The summed E-state index contributed by atoms with van der Waals surface area (Å²) in [5.74, 6) is -0.507. The molecule has 26 heavy (non-hydrogen) atoms. The van der Waals surface area contributed by atoms with E-state index >= 15 is 0 Å². The van der Waals surface area contributed by atoms with Gasteiger partial charge in [0.25, 0.3) is 0 Å². The van der Waals surface area contributed by atoms with Crippen molar-refractivity contribution in [3.63, 3.8) is 0 Å². The SMILES string of the molecule is C[NH+](C)Cc1ccc(CNC(=O)CNC(=O)/C=C/c2ccccc2)cc1. The van der Waals surface area contributed by atoms with E-state index in [2.05, 4.69) is 36.9 Å². The van der Waals surface area contributed by atoms with E-state index in [9.17, 15) is 9.59 Å². The summed E-state index contributed by atoms with van der Waals surface area (Å²) in [5, 5.41) is 5.38. The Bertz CT molecular complexity index is 738. The van der Waals surface area contributed by atoms with Crippen molar-refractivity contribution in [1.82, 2.24) is 10.6 Å². The molecule has 2 aromatic rings. The highest BCUT2D eigenvalue weighted by molar-refractivity contribution is 5.94. The van der Waals surface area contributed by atoms with Crippen LogP contribution in [0.2, 0.25) is 0 Å². The lowest BCUT2D eigenvalue weighted by molar-refractivity contribution is -0.872. The smallest absolute Gasteiger partial charge is 0.244 e. The molecule has 2 aromatic carbocycles. The van der Waals surface area contributed by atoms with E-state index in [1.54, 1.807) is 6.08 Å². The van der Waals surface area contributed by atoms with Crippen molar-refractivity contribution in [2.45, 2.75) is 13.1 Å². The minimum Gasteiger partial charge on any atom is -0.350 e. The summed E-state index contributed by atoms with van der Waals surface area (Å²) in [5.41, 5.74) is 3.23. The number of hydrogen-bond donors (Lipinski definition) is 3. The third-order valence-electron chi connectivity index (χ3n) is 3.72. The van der Waals surface area contributed by atoms with Crippen molar-refractivity contribution in [1.29, 1.82) is 0 Å². The molecule has 5 nitrogen and oxygen atoms in total. The minimum atomic E-state index is -0.292. The van der Waals surface area contributed by atoms with Crippen LogP contribution >= 0.6 is 0 Å². The summed E-state index contributed by atoms with van der Waals surface area (Å²) < 4.78 is 0. The van der Waals surface area contributed by atoms with Crippen LogP contribution in [0.5, 0.6) is 0 Å². The number of amides is 2. The quantitative estimate of drug-likeness (QED) is 0.615. The van der Waals surface area contributed by atoms with E-state index in [-0.39, 0.29) is 18.4 Å². The Morgan fingerprint density at radius 2 is 1.58 bits per heavy atom. The second kappa shape index (κ2) is 10.2. The number of hydrogen-bond acceptors (Lipinski definition) is 2. The first-order valence-electron chi connectivity index (χ1n) is 8.67. The van der Waals surface area contributed by atoms with Crippen molar-refractivity contribution in [3.05, 3.63) is 77.4 Å². The first-order valence-corrected chi connectivity index (χ1v) is 8.67. The molecule has 2 rings (SSSR count). The van der Waals surface area contributed by atoms with Gasteiger partial charge in [0.05, 0.1) is 20.6 Å². The summed E-state index contributed by atoms with van der Waals surface area (Å²) in [6.45, 7) is 1.37. The van der Waals surface area contributed by atoms with Gasteiger partial charge in [-0.2, -0.15) is 0 Å². The van der Waals surface area contributed by atoms with Crippen molar-refractivity contribution in [2.75, 3.05) is 20.6 Å². The number of carbonyl (C=O) groups excluding carboxylic acids is 2. The standard InChI is InChI=1S/C21H25N3O2/c1-24(2)16-19-10-8-18(9-11-19)14-22-21(26)15-23-20(25)13-12-17-6-4-3-5-7-17/h3-13H,14-16H2,1-2H3,(H,22,26)(H,23,25)/p+1/b13-12+. The van der Waals surface area contributed by atoms with Gasteiger partial charge in [-0.15, -0.1) is 0 Å². The van der Waals surface area contributed by atoms with Gasteiger partial charge in [0.1, 0.15) is 6.54 Å². The third kappa shape index (κ3) is 7.32. The fourth-order valence-electron chi connectivity index (χ4n) is 2.41. The Morgan fingerprint density at radius 3 is 2.23 bits per heavy atom. The maximum Gasteiger partial charge on any atom is 0.244 e. The molecule has 0 saturated carbocycles. The summed E-state index contributed by atoms with van der Waals surface area (Å²) in [4.78, 5) is 25.0. The Labute approximate surface area is 154 Å². The van der Waals surface area contributed by atoms with E-state index in [1.165, 1.54) is 16.5 Å². The van der Waals surface area contributed by atoms with Gasteiger partial charge in [-0.1, -0.05) is 54.6 Å². The number of quaternary nitrogens is 1. The fourth-order valence-corrected chi connectivity index (χ4v) is 2.41. The van der Waals surface area contributed by atoms with Crippen LogP contribution in [0, 0.1) is 0 Å². The Morgan fingerprint density at radius 1 is 0.923 bits per heavy atom. The highest BCUT2D eigenvalue weighted by Crippen LogP contribution is 2.03. The molecule has 3 N–H and O–H groups in total. The molecular weight excluding hydrogens is 326 g/mol. The Hall–Kier alpha value is -2.92. The van der Waals surface area contributed by atoms with Crippen LogP contribution < -0.4 is 15.5 Å². The van der Waals surface area contributed by atoms with Crippen LogP contribution in [0.3, 0.4) is 0 Å². The largest absolute Gasteiger partial charge is 0.350 e. The van der Waals surface area contributed by atoms with E-state index in [4.69, 9.17) is 0 Å². The highest BCUT2D eigenvalue weighted by Gasteiger charge is 2.04. The van der Waals surface area contributed by atoms with Crippen molar-refractivity contribution in [2.24, 2.45) is 0 Å². The van der Waals surface area contributed by atoms with Crippen LogP contribution in [-0.4, -0.2) is 32.5 Å². The number of benzene rings is 2. The normalized spacial score (nSPS) is 10.9. The van der Waals surface area contributed by atoms with Crippen LogP contribution in [0.1, 0.15) is 16.7 Å². The van der Waals surface area contributed by atoms with Crippen molar-refractivity contribution in [3.8, 4) is 0 Å². The van der Waals surface area contributed by atoms with Gasteiger partial charge in [0.2, 0.25) is 11.8 Å². The lowest BCUT2D eigenvalue weighted by Crippen LogP contribution is -3.04. The molecular formula is C21H26N3O2+. The molecule has 0 aliphatic carbocycles. The molecule has 0 radical (unpaired) electrons. The lowest BCUT2D eigenvalue weighted by Gasteiger charge is -2.09. The number of nitrogens with one attached hydrogen (secondary N) is 3. The molecule has 0 heterocycles. The molecule has 5 heteroatoms. The zero-order valence-electron chi connectivity index (χ0n) is 15.3. The van der Waals surface area contributed by atoms with Gasteiger partial charge in [-0.05, 0) is 17.2 Å². The van der Waals surface area contributed by atoms with Crippen molar-refractivity contribution >= 4 is 17.9 Å². The fraction of sp³-hybridized carbons (Fsp3) is 0.238. The zero-order valence-corrected chi connectivity index (χ0v) is 15.3. The zero-order chi connectivity index (χ0) is 18.8. The molecule has 0 fully saturated rings. The monoisotopic (exact) mass is 352 g/mol. The average molecular weight is 352 g/mol. The highest BCUT2D eigenvalue weighted by atomic mass is 16.2. The Kier molecular flexibility index (Phi) is 7.58. The van der Waals surface area contributed by atoms with E-state index in [0.717, 1.165) is 17.7 Å². The van der Waals surface area contributed by atoms with Gasteiger partial charge in [-0.3, -0.25) is 9.59 Å². The Balaban J connectivity index is 1.70. The third-order valence-corrected chi connectivity index (χ3v) is 3.72. The van der Waals surface area contributed by atoms with E-state index in [0.29, 0.717) is 6.54 Å². The average Bonchev–Trinajstić information content (AvgIpc) is 2.64. The molecule has 0 atom stereocenters. The second-order valence-electron chi connectivity index (χ2n) is 6.44. The molecule has 0 saturated heterocycles. The first kappa shape index (κ1) is 19.4. The van der Waals surface area contributed by atoms with Crippen LogP contribution in [-0.2, 0) is 22.7 Å². The summed E-state index contributed by atoms with van der Waals surface area (Å²) >= 11 is 0. The molecule has 0 bridgehead atoms. The molecule has 0 aliphatic rings. The van der Waals surface area contributed by atoms with Gasteiger partial charge in [0, 0.05) is 18.2 Å². The van der Waals surface area contributed by atoms with Crippen LogP contribution in [0.15, 0.2) is 60.7 Å². The van der Waals surface area contributed by atoms with Gasteiger partial charge in [0.15, 0.2) is 0 Å². The van der Waals surface area contributed by atoms with Crippen LogP contribution in [0.4, 0.5) is 0 Å². The summed E-state index contributed by atoms with van der Waals surface area (Å²) in [6.07, 6.45) is 3.14. The molecule has 0 aromatic heterocycles. The van der Waals surface area contributed by atoms with Gasteiger partial charge < -0.3 is 15.5 Å². The maximum atomic E-state index is 11.9. The number of carbonyl (C=O) groups is 2. The lowest BCUT2D eigenvalue weighted by atomic mass is 10.1. The molecule has 2 amide bonds. The maximum absolute atomic E-state index is 11.9. The molecule has 0 spiro atoms. The van der Waals surface area contributed by atoms with Gasteiger partial charge >= 0.3 is 0 Å². The predicted molar refractivity (Wildman–Crippen MR) is 103 cm³/mol. The first-order chi connectivity index (χ1) is 12.5.